The first kappa shape index (κ1) is 17.5. The predicted molar refractivity (Wildman–Crippen MR) is 97.6 cm³/mol. The second kappa shape index (κ2) is 7.00. The fourth-order valence-electron chi connectivity index (χ4n) is 3.49. The van der Waals surface area contributed by atoms with Gasteiger partial charge in [0, 0.05) is 32.5 Å². The third kappa shape index (κ3) is 3.35. The zero-order valence-electron chi connectivity index (χ0n) is 14.4. The Hall–Kier alpha value is -1.93. The highest BCUT2D eigenvalue weighted by molar-refractivity contribution is 7.89. The molecule has 2 aliphatic heterocycles. The summed E-state index contributed by atoms with van der Waals surface area (Å²) in [6.45, 7) is 2.35. The Labute approximate surface area is 153 Å². The van der Waals surface area contributed by atoms with E-state index < -0.39 is 10.0 Å². The molecular weight excluding hydrogens is 352 g/mol. The molecule has 7 heteroatoms. The highest BCUT2D eigenvalue weighted by Crippen LogP contribution is 2.34. The minimum absolute atomic E-state index is 0.195. The molecule has 0 unspecified atom stereocenters. The molecule has 1 spiro atoms. The maximum Gasteiger partial charge on any atom is 0.246 e. The van der Waals surface area contributed by atoms with Gasteiger partial charge in [0.25, 0.3) is 0 Å². The normalized spacial score (nSPS) is 20.3. The van der Waals surface area contributed by atoms with Crippen molar-refractivity contribution < 1.29 is 17.9 Å². The lowest BCUT2D eigenvalue weighted by molar-refractivity contribution is -0.0445. The minimum Gasteiger partial charge on any atom is -0.456 e. The lowest BCUT2D eigenvalue weighted by atomic mass is 10.0. The second-order valence-electron chi connectivity index (χ2n) is 6.54. The van der Waals surface area contributed by atoms with E-state index in [4.69, 9.17) is 9.47 Å². The van der Waals surface area contributed by atoms with E-state index in [1.807, 2.05) is 18.2 Å². The van der Waals surface area contributed by atoms with Gasteiger partial charge in [-0.2, -0.15) is 4.31 Å². The quantitative estimate of drug-likeness (QED) is 0.891. The van der Waals surface area contributed by atoms with Crippen LogP contribution in [0.1, 0.15) is 12.8 Å². The van der Waals surface area contributed by atoms with E-state index in [1.165, 1.54) is 4.31 Å². The first-order valence-electron chi connectivity index (χ1n) is 8.80. The Kier molecular flexibility index (Phi) is 4.71. The van der Waals surface area contributed by atoms with Gasteiger partial charge in [0.05, 0.1) is 6.61 Å². The summed E-state index contributed by atoms with van der Waals surface area (Å²) in [6.07, 6.45) is 1.29. The van der Waals surface area contributed by atoms with Crippen molar-refractivity contribution >= 4 is 10.0 Å². The molecular formula is C19H22N2O4S. The monoisotopic (exact) mass is 374 g/mol. The maximum absolute atomic E-state index is 13.2. The smallest absolute Gasteiger partial charge is 0.246 e. The largest absolute Gasteiger partial charge is 0.456 e. The van der Waals surface area contributed by atoms with Crippen molar-refractivity contribution in [3.63, 3.8) is 0 Å². The van der Waals surface area contributed by atoms with E-state index in [9.17, 15) is 8.42 Å². The SMILES string of the molecule is O=S(=O)(c1ccccc1Oc1ccccc1)N1CCC2(CC1)NCCO2. The Balaban J connectivity index is 1.57. The molecule has 0 atom stereocenters. The Morgan fingerprint density at radius 2 is 1.69 bits per heavy atom. The van der Waals surface area contributed by atoms with Gasteiger partial charge in [-0.15, -0.1) is 0 Å². The van der Waals surface area contributed by atoms with E-state index in [-0.39, 0.29) is 10.6 Å². The van der Waals surface area contributed by atoms with E-state index >= 15 is 0 Å². The highest BCUT2D eigenvalue weighted by Gasteiger charge is 2.41. The number of rotatable bonds is 4. The van der Waals surface area contributed by atoms with E-state index in [2.05, 4.69) is 5.32 Å². The van der Waals surface area contributed by atoms with Crippen molar-refractivity contribution in [2.45, 2.75) is 23.5 Å². The van der Waals surface area contributed by atoms with Crippen molar-refractivity contribution in [2.75, 3.05) is 26.2 Å². The molecule has 2 aromatic rings. The number of hydrogen-bond donors (Lipinski definition) is 1. The molecule has 2 heterocycles. The van der Waals surface area contributed by atoms with Crippen LogP contribution in [0.3, 0.4) is 0 Å². The van der Waals surface area contributed by atoms with Gasteiger partial charge in [0.1, 0.15) is 22.1 Å². The standard InChI is InChI=1S/C19H22N2O4S/c22-26(23,21-13-10-19(11-14-21)20-12-15-24-19)18-9-5-4-8-17(18)25-16-6-2-1-3-7-16/h1-9,20H,10-15H2. The van der Waals surface area contributed by atoms with Crippen molar-refractivity contribution in [2.24, 2.45) is 0 Å². The molecule has 0 aliphatic carbocycles. The van der Waals surface area contributed by atoms with Crippen LogP contribution in [0.15, 0.2) is 59.5 Å². The topological polar surface area (TPSA) is 67.9 Å². The first-order valence-corrected chi connectivity index (χ1v) is 10.2. The number of benzene rings is 2. The number of piperidine rings is 1. The van der Waals surface area contributed by atoms with Crippen molar-refractivity contribution in [3.8, 4) is 11.5 Å². The van der Waals surface area contributed by atoms with Gasteiger partial charge in [-0.25, -0.2) is 8.42 Å². The molecule has 26 heavy (non-hydrogen) atoms. The van der Waals surface area contributed by atoms with Gasteiger partial charge < -0.3 is 9.47 Å². The summed E-state index contributed by atoms with van der Waals surface area (Å²) in [5.41, 5.74) is -0.355. The van der Waals surface area contributed by atoms with E-state index in [1.54, 1.807) is 36.4 Å². The lowest BCUT2D eigenvalue weighted by Crippen LogP contribution is -2.52. The number of sulfonamides is 1. The van der Waals surface area contributed by atoms with Gasteiger partial charge in [-0.05, 0) is 24.3 Å². The number of nitrogens with one attached hydrogen (secondary N) is 1. The van der Waals surface area contributed by atoms with E-state index in [0.29, 0.717) is 44.0 Å². The van der Waals surface area contributed by atoms with Crippen LogP contribution in [-0.4, -0.2) is 44.7 Å². The maximum atomic E-state index is 13.2. The van der Waals surface area contributed by atoms with Crippen LogP contribution < -0.4 is 10.1 Å². The third-order valence-electron chi connectivity index (χ3n) is 4.90. The van der Waals surface area contributed by atoms with Gasteiger partial charge >= 0.3 is 0 Å². The molecule has 6 nitrogen and oxygen atoms in total. The fraction of sp³-hybridized carbons (Fsp3) is 0.368. The molecule has 2 aliphatic rings. The first-order chi connectivity index (χ1) is 12.6. The van der Waals surface area contributed by atoms with Gasteiger partial charge in [0.15, 0.2) is 0 Å². The van der Waals surface area contributed by atoms with Crippen LogP contribution in [0.25, 0.3) is 0 Å². The summed E-state index contributed by atoms with van der Waals surface area (Å²) >= 11 is 0. The Morgan fingerprint density at radius 1 is 1.00 bits per heavy atom. The van der Waals surface area contributed by atoms with Crippen LogP contribution in [-0.2, 0) is 14.8 Å². The average molecular weight is 374 g/mol. The summed E-state index contributed by atoms with van der Waals surface area (Å²) < 4.78 is 39.5. The summed E-state index contributed by atoms with van der Waals surface area (Å²) in [4.78, 5) is 0.195. The van der Waals surface area contributed by atoms with Gasteiger partial charge in [-0.3, -0.25) is 5.32 Å². The molecule has 1 N–H and O–H groups in total. The van der Waals surface area contributed by atoms with Crippen molar-refractivity contribution in [1.82, 2.24) is 9.62 Å². The summed E-state index contributed by atoms with van der Waals surface area (Å²) in [5.74, 6) is 0.950. The Bertz CT molecular complexity index is 854. The fourth-order valence-corrected chi connectivity index (χ4v) is 5.04. The molecule has 2 aromatic carbocycles. The molecule has 0 amide bonds. The van der Waals surface area contributed by atoms with Gasteiger partial charge in [0.2, 0.25) is 10.0 Å². The molecule has 0 radical (unpaired) electrons. The molecule has 2 fully saturated rings. The van der Waals surface area contributed by atoms with Crippen LogP contribution in [0.4, 0.5) is 0 Å². The van der Waals surface area contributed by atoms with Crippen LogP contribution in [0, 0.1) is 0 Å². The summed E-state index contributed by atoms with van der Waals surface area (Å²) in [6, 6.07) is 16.0. The summed E-state index contributed by atoms with van der Waals surface area (Å²) in [5, 5.41) is 3.36. The molecule has 0 saturated carbocycles. The van der Waals surface area contributed by atoms with Gasteiger partial charge in [-0.1, -0.05) is 30.3 Å². The van der Waals surface area contributed by atoms with E-state index in [0.717, 1.165) is 6.54 Å². The highest BCUT2D eigenvalue weighted by atomic mass is 32.2. The van der Waals surface area contributed by atoms with Crippen LogP contribution in [0.5, 0.6) is 11.5 Å². The second-order valence-corrected chi connectivity index (χ2v) is 8.44. The number of ether oxygens (including phenoxy) is 2. The Morgan fingerprint density at radius 3 is 2.38 bits per heavy atom. The molecule has 4 rings (SSSR count). The molecule has 138 valence electrons. The van der Waals surface area contributed by atoms with Crippen molar-refractivity contribution in [3.05, 3.63) is 54.6 Å². The number of hydrogen-bond acceptors (Lipinski definition) is 5. The number of para-hydroxylation sites is 2. The third-order valence-corrected chi connectivity index (χ3v) is 6.83. The predicted octanol–water partition coefficient (Wildman–Crippen LogP) is 2.58. The zero-order valence-corrected chi connectivity index (χ0v) is 15.2. The molecule has 0 bridgehead atoms. The molecule has 0 aromatic heterocycles. The van der Waals surface area contributed by atoms with Crippen LogP contribution in [0.2, 0.25) is 0 Å². The lowest BCUT2D eigenvalue weighted by Gasteiger charge is -2.37. The average Bonchev–Trinajstić information content (AvgIpc) is 3.11. The van der Waals surface area contributed by atoms with Crippen LogP contribution >= 0.6 is 0 Å². The molecule has 2 saturated heterocycles. The number of nitrogens with zero attached hydrogens (tertiary/aromatic N) is 1. The van der Waals surface area contributed by atoms with Crippen molar-refractivity contribution in [1.29, 1.82) is 0 Å². The minimum atomic E-state index is -3.63. The summed E-state index contributed by atoms with van der Waals surface area (Å²) in [7, 11) is -3.63. The zero-order chi connectivity index (χ0) is 18.0.